The molecule has 2 N–H and O–H groups in total. The predicted octanol–water partition coefficient (Wildman–Crippen LogP) is 1.09. The SMILES string of the molecule is Cc1ncccc1-c1cnc(N)n2cnc(S(C)(=O)=O)c12. The van der Waals surface area contributed by atoms with Crippen LogP contribution in [0.1, 0.15) is 5.69 Å². The maximum absolute atomic E-state index is 11.9. The van der Waals surface area contributed by atoms with Crippen LogP contribution in [0.5, 0.6) is 0 Å². The van der Waals surface area contributed by atoms with Crippen LogP contribution in [0, 0.1) is 6.92 Å². The summed E-state index contributed by atoms with van der Waals surface area (Å²) in [6.45, 7) is 1.85. The van der Waals surface area contributed by atoms with Crippen molar-refractivity contribution >= 4 is 21.3 Å². The number of sulfone groups is 1. The molecule has 0 spiro atoms. The molecule has 21 heavy (non-hydrogen) atoms. The molecule has 0 aliphatic rings. The highest BCUT2D eigenvalue weighted by Crippen LogP contribution is 2.30. The van der Waals surface area contributed by atoms with E-state index in [1.807, 2.05) is 13.0 Å². The lowest BCUT2D eigenvalue weighted by molar-refractivity contribution is 0.600. The molecule has 0 amide bonds. The van der Waals surface area contributed by atoms with E-state index in [1.165, 1.54) is 10.7 Å². The second-order valence-electron chi connectivity index (χ2n) is 4.71. The van der Waals surface area contributed by atoms with Crippen molar-refractivity contribution in [3.05, 3.63) is 36.5 Å². The average Bonchev–Trinajstić information content (AvgIpc) is 2.86. The molecule has 108 valence electrons. The van der Waals surface area contributed by atoms with Crippen LogP contribution in [0.2, 0.25) is 0 Å². The first-order chi connectivity index (χ1) is 9.89. The Balaban J connectivity index is 2.47. The zero-order chi connectivity index (χ0) is 15.2. The second-order valence-corrected chi connectivity index (χ2v) is 6.64. The zero-order valence-electron chi connectivity index (χ0n) is 11.5. The summed E-state index contributed by atoms with van der Waals surface area (Å²) in [6.07, 6.45) is 5.70. The summed E-state index contributed by atoms with van der Waals surface area (Å²) in [5, 5.41) is -0.0187. The molecule has 0 bridgehead atoms. The maximum Gasteiger partial charge on any atom is 0.206 e. The molecular weight excluding hydrogens is 290 g/mol. The number of nitrogens with two attached hydrogens (primary N) is 1. The van der Waals surface area contributed by atoms with E-state index in [1.54, 1.807) is 18.5 Å². The quantitative estimate of drug-likeness (QED) is 0.760. The third kappa shape index (κ3) is 2.13. The molecule has 0 unspecified atom stereocenters. The minimum atomic E-state index is -3.48. The Kier molecular flexibility index (Phi) is 2.91. The van der Waals surface area contributed by atoms with Crippen LogP contribution in [-0.4, -0.2) is 34.0 Å². The number of aryl methyl sites for hydroxylation is 1. The van der Waals surface area contributed by atoms with Gasteiger partial charge in [-0.1, -0.05) is 6.07 Å². The van der Waals surface area contributed by atoms with Crippen molar-refractivity contribution in [3.8, 4) is 11.1 Å². The summed E-state index contributed by atoms with van der Waals surface area (Å²) in [5.41, 5.74) is 8.41. The summed E-state index contributed by atoms with van der Waals surface area (Å²) in [7, 11) is -3.48. The van der Waals surface area contributed by atoms with Crippen LogP contribution in [0.15, 0.2) is 35.9 Å². The molecule has 0 saturated carbocycles. The molecule has 0 saturated heterocycles. The van der Waals surface area contributed by atoms with E-state index in [0.717, 1.165) is 17.5 Å². The Labute approximate surface area is 121 Å². The fourth-order valence-electron chi connectivity index (χ4n) is 2.24. The fourth-order valence-corrected chi connectivity index (χ4v) is 3.04. The Hall–Kier alpha value is -2.48. The van der Waals surface area contributed by atoms with Gasteiger partial charge in [0.2, 0.25) is 5.95 Å². The Morgan fingerprint density at radius 3 is 2.62 bits per heavy atom. The van der Waals surface area contributed by atoms with Crippen LogP contribution in [-0.2, 0) is 9.84 Å². The van der Waals surface area contributed by atoms with Crippen LogP contribution in [0.25, 0.3) is 16.6 Å². The lowest BCUT2D eigenvalue weighted by atomic mass is 10.1. The monoisotopic (exact) mass is 303 g/mol. The molecule has 3 aromatic heterocycles. The third-order valence-electron chi connectivity index (χ3n) is 3.21. The number of rotatable bonds is 2. The number of anilines is 1. The van der Waals surface area contributed by atoms with Crippen molar-refractivity contribution in [3.63, 3.8) is 0 Å². The van der Waals surface area contributed by atoms with Gasteiger partial charge in [0.25, 0.3) is 0 Å². The summed E-state index contributed by atoms with van der Waals surface area (Å²) in [6, 6.07) is 3.64. The van der Waals surface area contributed by atoms with Gasteiger partial charge in [-0.05, 0) is 13.0 Å². The normalized spacial score (nSPS) is 11.9. The first-order valence-corrected chi connectivity index (χ1v) is 8.02. The molecule has 0 atom stereocenters. The van der Waals surface area contributed by atoms with Crippen LogP contribution in [0.4, 0.5) is 5.95 Å². The first-order valence-electron chi connectivity index (χ1n) is 6.13. The number of pyridine rings is 1. The van der Waals surface area contributed by atoms with Gasteiger partial charge in [0.15, 0.2) is 14.9 Å². The van der Waals surface area contributed by atoms with Crippen molar-refractivity contribution in [2.75, 3.05) is 12.0 Å². The number of hydrogen-bond acceptors (Lipinski definition) is 6. The van der Waals surface area contributed by atoms with Crippen molar-refractivity contribution in [2.24, 2.45) is 0 Å². The second kappa shape index (κ2) is 4.52. The molecular formula is C13H13N5O2S. The van der Waals surface area contributed by atoms with Crippen LogP contribution < -0.4 is 5.73 Å². The van der Waals surface area contributed by atoms with E-state index in [2.05, 4.69) is 15.0 Å². The van der Waals surface area contributed by atoms with E-state index in [9.17, 15) is 8.42 Å². The number of imidazole rings is 1. The highest BCUT2D eigenvalue weighted by atomic mass is 32.2. The van der Waals surface area contributed by atoms with Gasteiger partial charge in [-0.25, -0.2) is 18.4 Å². The first kappa shape index (κ1) is 13.5. The van der Waals surface area contributed by atoms with Crippen LogP contribution in [0.3, 0.4) is 0 Å². The Morgan fingerprint density at radius 1 is 1.19 bits per heavy atom. The summed E-state index contributed by atoms with van der Waals surface area (Å²) in [4.78, 5) is 12.3. The molecule has 3 heterocycles. The smallest absolute Gasteiger partial charge is 0.206 e. The third-order valence-corrected chi connectivity index (χ3v) is 4.21. The number of hydrogen-bond donors (Lipinski definition) is 1. The minimum Gasteiger partial charge on any atom is -0.369 e. The molecule has 3 aromatic rings. The van der Waals surface area contributed by atoms with Gasteiger partial charge in [-0.3, -0.25) is 9.38 Å². The number of nitrogen functional groups attached to an aromatic ring is 1. The van der Waals surface area contributed by atoms with E-state index in [-0.39, 0.29) is 11.0 Å². The van der Waals surface area contributed by atoms with Gasteiger partial charge in [-0.15, -0.1) is 0 Å². The molecule has 0 radical (unpaired) electrons. The highest BCUT2D eigenvalue weighted by molar-refractivity contribution is 7.90. The van der Waals surface area contributed by atoms with E-state index < -0.39 is 9.84 Å². The van der Waals surface area contributed by atoms with Gasteiger partial charge in [0, 0.05) is 35.5 Å². The highest BCUT2D eigenvalue weighted by Gasteiger charge is 2.21. The maximum atomic E-state index is 11.9. The largest absolute Gasteiger partial charge is 0.369 e. The van der Waals surface area contributed by atoms with Crippen molar-refractivity contribution in [1.29, 1.82) is 0 Å². The molecule has 0 fully saturated rings. The number of aromatic nitrogens is 4. The Morgan fingerprint density at radius 2 is 1.95 bits per heavy atom. The lowest BCUT2D eigenvalue weighted by Gasteiger charge is -2.09. The molecule has 3 rings (SSSR count). The van der Waals surface area contributed by atoms with Crippen LogP contribution >= 0.6 is 0 Å². The average molecular weight is 303 g/mol. The number of fused-ring (bicyclic) bond motifs is 1. The van der Waals surface area contributed by atoms with E-state index >= 15 is 0 Å². The Bertz CT molecular complexity index is 946. The molecule has 0 aromatic carbocycles. The van der Waals surface area contributed by atoms with Crippen molar-refractivity contribution in [1.82, 2.24) is 19.4 Å². The van der Waals surface area contributed by atoms with Gasteiger partial charge in [-0.2, -0.15) is 0 Å². The van der Waals surface area contributed by atoms with E-state index in [4.69, 9.17) is 5.73 Å². The summed E-state index contributed by atoms with van der Waals surface area (Å²) >= 11 is 0. The minimum absolute atomic E-state index is 0.0187. The fraction of sp³-hybridized carbons (Fsp3) is 0.154. The van der Waals surface area contributed by atoms with Crippen molar-refractivity contribution < 1.29 is 8.42 Å². The predicted molar refractivity (Wildman–Crippen MR) is 78.5 cm³/mol. The van der Waals surface area contributed by atoms with Gasteiger partial charge >= 0.3 is 0 Å². The zero-order valence-corrected chi connectivity index (χ0v) is 12.3. The molecule has 7 nitrogen and oxygen atoms in total. The molecule has 0 aliphatic heterocycles. The van der Waals surface area contributed by atoms with E-state index in [0.29, 0.717) is 11.1 Å². The number of nitrogens with zero attached hydrogens (tertiary/aromatic N) is 4. The van der Waals surface area contributed by atoms with Crippen molar-refractivity contribution in [2.45, 2.75) is 11.9 Å². The topological polar surface area (TPSA) is 103 Å². The lowest BCUT2D eigenvalue weighted by Crippen LogP contribution is -2.04. The summed E-state index contributed by atoms with van der Waals surface area (Å²) in [5.74, 6) is 0.178. The van der Waals surface area contributed by atoms with Gasteiger partial charge in [0.05, 0.1) is 5.52 Å². The van der Waals surface area contributed by atoms with Gasteiger partial charge < -0.3 is 5.73 Å². The standard InChI is InChI=1S/C13H13N5O2S/c1-8-9(4-3-5-15-8)10-6-16-13(14)18-7-17-12(11(10)18)21(2,19)20/h3-7H,1-2H3,(H2,14,16). The molecule has 8 heteroatoms. The van der Waals surface area contributed by atoms with Gasteiger partial charge in [0.1, 0.15) is 6.33 Å². The summed E-state index contributed by atoms with van der Waals surface area (Å²) < 4.78 is 25.3. The molecule has 0 aliphatic carbocycles.